The highest BCUT2D eigenvalue weighted by molar-refractivity contribution is 7.89. The molecule has 3 aliphatic rings. The smallest absolute Gasteiger partial charge is 0.339 e. The fraction of sp³-hybridized carbons (Fsp3) is 0.500. The third-order valence-corrected chi connectivity index (χ3v) is 9.91. The maximum atomic E-state index is 13.1. The number of primary sulfonamides is 1. The standard InChI is InChI=1S/C26H30ClNO6S/c1-26-10-9-16-17(5-3-14-11-22(29)23(33-2)13-18(14)16)20(26)6-8-24(26)34-25(30)19-12-15(35(28,31)32)4-7-21(19)27/h4,7,11-13,16-17,20,24,29H,3,5-6,8-10H2,1-2H3,(H2,28,31,32)/t16?,17?,20?,24-,26-/m0/s1. The molecule has 5 rings (SSSR count). The number of esters is 1. The van der Waals surface area contributed by atoms with Crippen molar-refractivity contribution < 1.29 is 27.8 Å². The molecule has 0 heterocycles. The number of hydrogen-bond acceptors (Lipinski definition) is 6. The topological polar surface area (TPSA) is 116 Å². The summed E-state index contributed by atoms with van der Waals surface area (Å²) in [7, 11) is -2.40. The number of aromatic hydroxyl groups is 1. The van der Waals surface area contributed by atoms with Crippen molar-refractivity contribution in [2.24, 2.45) is 22.4 Å². The van der Waals surface area contributed by atoms with E-state index in [1.165, 1.54) is 29.3 Å². The third kappa shape index (κ3) is 4.09. The zero-order chi connectivity index (χ0) is 25.1. The van der Waals surface area contributed by atoms with Gasteiger partial charge in [0, 0.05) is 5.41 Å². The minimum Gasteiger partial charge on any atom is -0.504 e. The molecule has 2 fully saturated rings. The lowest BCUT2D eigenvalue weighted by molar-refractivity contribution is -0.0428. The lowest BCUT2D eigenvalue weighted by Gasteiger charge is -2.50. The van der Waals surface area contributed by atoms with Crippen LogP contribution < -0.4 is 9.88 Å². The Morgan fingerprint density at radius 3 is 2.66 bits per heavy atom. The molecule has 0 saturated heterocycles. The van der Waals surface area contributed by atoms with Crippen LogP contribution in [0.25, 0.3) is 0 Å². The van der Waals surface area contributed by atoms with E-state index in [1.54, 1.807) is 7.11 Å². The number of aryl methyl sites for hydroxylation is 1. The minimum atomic E-state index is -3.97. The van der Waals surface area contributed by atoms with E-state index in [9.17, 15) is 18.3 Å². The van der Waals surface area contributed by atoms with Crippen molar-refractivity contribution >= 4 is 27.6 Å². The van der Waals surface area contributed by atoms with E-state index in [2.05, 4.69) is 6.92 Å². The van der Waals surface area contributed by atoms with E-state index in [4.69, 9.17) is 26.2 Å². The maximum absolute atomic E-state index is 13.1. The third-order valence-electron chi connectivity index (χ3n) is 8.67. The van der Waals surface area contributed by atoms with Crippen LogP contribution in [0.15, 0.2) is 35.2 Å². The van der Waals surface area contributed by atoms with Gasteiger partial charge in [0.15, 0.2) is 11.5 Å². The monoisotopic (exact) mass is 519 g/mol. The van der Waals surface area contributed by atoms with Crippen LogP contribution in [-0.4, -0.2) is 32.7 Å². The molecule has 3 N–H and O–H groups in total. The van der Waals surface area contributed by atoms with Gasteiger partial charge in [-0.3, -0.25) is 0 Å². The molecule has 2 saturated carbocycles. The lowest BCUT2D eigenvalue weighted by atomic mass is 9.55. The zero-order valence-electron chi connectivity index (χ0n) is 19.8. The SMILES string of the molecule is COc1cc2c(cc1O)CCC1C2CC[C@@]2(C)C1CC[C@@H]2OC(=O)c1cc(S(N)(=O)=O)ccc1Cl. The number of rotatable bonds is 4. The Morgan fingerprint density at radius 2 is 1.94 bits per heavy atom. The van der Waals surface area contributed by atoms with Gasteiger partial charge < -0.3 is 14.6 Å². The number of carbonyl (C=O) groups excluding carboxylic acids is 1. The molecule has 0 spiro atoms. The van der Waals surface area contributed by atoms with Crippen LogP contribution >= 0.6 is 11.6 Å². The Hall–Kier alpha value is -2.29. The van der Waals surface area contributed by atoms with E-state index in [0.29, 0.717) is 23.5 Å². The molecule has 0 amide bonds. The fourth-order valence-electron chi connectivity index (χ4n) is 6.93. The van der Waals surface area contributed by atoms with E-state index in [-0.39, 0.29) is 32.8 Å². The second kappa shape index (κ2) is 8.68. The average Bonchev–Trinajstić information content (AvgIpc) is 3.13. The number of phenolic OH excluding ortho intramolecular Hbond substituents is 1. The normalized spacial score (nSPS) is 29.6. The number of hydrogen-bond donors (Lipinski definition) is 2. The molecule has 0 radical (unpaired) electrons. The van der Waals surface area contributed by atoms with E-state index < -0.39 is 16.0 Å². The highest BCUT2D eigenvalue weighted by Crippen LogP contribution is 2.62. The summed E-state index contributed by atoms with van der Waals surface area (Å²) < 4.78 is 34.9. The Bertz CT molecular complexity index is 1290. The quantitative estimate of drug-likeness (QED) is 0.561. The number of halogens is 1. The molecular formula is C26H30ClNO6S. The summed E-state index contributed by atoms with van der Waals surface area (Å²) in [6.07, 6.45) is 5.26. The largest absolute Gasteiger partial charge is 0.504 e. The first-order chi connectivity index (χ1) is 16.5. The van der Waals surface area contributed by atoms with Gasteiger partial charge in [-0.25, -0.2) is 18.4 Å². The highest BCUT2D eigenvalue weighted by atomic mass is 35.5. The number of nitrogens with two attached hydrogens (primary N) is 1. The van der Waals surface area contributed by atoms with Crippen LogP contribution in [-0.2, 0) is 21.2 Å². The molecule has 0 aliphatic heterocycles. The number of carbonyl (C=O) groups is 1. The molecule has 188 valence electrons. The highest BCUT2D eigenvalue weighted by Gasteiger charge is 2.56. The number of phenols is 1. The van der Waals surface area contributed by atoms with Gasteiger partial charge in [0.05, 0.1) is 22.6 Å². The Balaban J connectivity index is 1.38. The average molecular weight is 520 g/mol. The molecule has 0 aromatic heterocycles. The van der Waals surface area contributed by atoms with Crippen molar-refractivity contribution in [2.45, 2.75) is 62.4 Å². The Morgan fingerprint density at radius 1 is 1.17 bits per heavy atom. The molecule has 9 heteroatoms. The molecule has 3 unspecified atom stereocenters. The summed E-state index contributed by atoms with van der Waals surface area (Å²) in [6.45, 7) is 2.22. The van der Waals surface area contributed by atoms with Gasteiger partial charge in [-0.05, 0) is 97.7 Å². The first kappa shape index (κ1) is 24.4. The molecule has 2 aromatic carbocycles. The van der Waals surface area contributed by atoms with Gasteiger partial charge in [-0.1, -0.05) is 18.5 Å². The predicted octanol–water partition coefficient (Wildman–Crippen LogP) is 4.78. The van der Waals surface area contributed by atoms with Crippen LogP contribution in [0.3, 0.4) is 0 Å². The van der Waals surface area contributed by atoms with Gasteiger partial charge in [0.2, 0.25) is 10.0 Å². The minimum absolute atomic E-state index is 0.0115. The second-order valence-electron chi connectivity index (χ2n) is 10.3. The van der Waals surface area contributed by atoms with Crippen LogP contribution in [0.5, 0.6) is 11.5 Å². The second-order valence-corrected chi connectivity index (χ2v) is 12.3. The molecule has 2 aromatic rings. The van der Waals surface area contributed by atoms with Crippen molar-refractivity contribution in [3.63, 3.8) is 0 Å². The van der Waals surface area contributed by atoms with Crippen molar-refractivity contribution in [3.05, 3.63) is 52.0 Å². The number of ether oxygens (including phenoxy) is 2. The molecule has 7 nitrogen and oxygen atoms in total. The van der Waals surface area contributed by atoms with Crippen molar-refractivity contribution in [1.82, 2.24) is 0 Å². The van der Waals surface area contributed by atoms with Crippen molar-refractivity contribution in [2.75, 3.05) is 7.11 Å². The predicted molar refractivity (Wildman–Crippen MR) is 131 cm³/mol. The molecule has 5 atom stereocenters. The number of benzene rings is 2. The Kier molecular flexibility index (Phi) is 6.05. The summed E-state index contributed by atoms with van der Waals surface area (Å²) in [5.41, 5.74) is 2.31. The molecule has 0 bridgehead atoms. The van der Waals surface area contributed by atoms with Gasteiger partial charge in [-0.2, -0.15) is 0 Å². The number of methoxy groups -OCH3 is 1. The summed E-state index contributed by atoms with van der Waals surface area (Å²) >= 11 is 6.21. The number of sulfonamides is 1. The first-order valence-corrected chi connectivity index (χ1v) is 13.9. The van der Waals surface area contributed by atoms with E-state index >= 15 is 0 Å². The summed E-state index contributed by atoms with van der Waals surface area (Å²) in [5.74, 6) is 1.33. The summed E-state index contributed by atoms with van der Waals surface area (Å²) in [5, 5.41) is 15.6. The van der Waals surface area contributed by atoms with Gasteiger partial charge in [-0.15, -0.1) is 0 Å². The van der Waals surface area contributed by atoms with Crippen molar-refractivity contribution in [1.29, 1.82) is 0 Å². The number of fused-ring (bicyclic) bond motifs is 5. The summed E-state index contributed by atoms with van der Waals surface area (Å²) in [6, 6.07) is 7.66. The van der Waals surface area contributed by atoms with Crippen LogP contribution in [0.1, 0.15) is 66.4 Å². The molecular weight excluding hydrogens is 490 g/mol. The van der Waals surface area contributed by atoms with Crippen LogP contribution in [0.2, 0.25) is 5.02 Å². The first-order valence-electron chi connectivity index (χ1n) is 12.0. The molecule has 35 heavy (non-hydrogen) atoms. The van der Waals surface area contributed by atoms with E-state index in [1.807, 2.05) is 12.1 Å². The van der Waals surface area contributed by atoms with Crippen LogP contribution in [0.4, 0.5) is 0 Å². The Labute approximate surface area is 210 Å². The van der Waals surface area contributed by atoms with Gasteiger partial charge >= 0.3 is 5.97 Å². The lowest BCUT2D eigenvalue weighted by Crippen LogP contribution is -2.45. The summed E-state index contributed by atoms with van der Waals surface area (Å²) in [4.78, 5) is 12.9. The van der Waals surface area contributed by atoms with Gasteiger partial charge in [0.25, 0.3) is 0 Å². The molecule has 3 aliphatic carbocycles. The zero-order valence-corrected chi connectivity index (χ0v) is 21.4. The van der Waals surface area contributed by atoms with E-state index in [0.717, 1.165) is 38.5 Å². The van der Waals surface area contributed by atoms with Gasteiger partial charge in [0.1, 0.15) is 6.10 Å². The van der Waals surface area contributed by atoms with Crippen molar-refractivity contribution in [3.8, 4) is 11.5 Å². The fourth-order valence-corrected chi connectivity index (χ4v) is 7.66. The maximum Gasteiger partial charge on any atom is 0.339 e. The van der Waals surface area contributed by atoms with Crippen LogP contribution in [0, 0.1) is 17.3 Å².